The van der Waals surface area contributed by atoms with Crippen molar-refractivity contribution in [2.75, 3.05) is 26.2 Å². The Morgan fingerprint density at radius 1 is 1.10 bits per heavy atom. The summed E-state index contributed by atoms with van der Waals surface area (Å²) in [6, 6.07) is 9.06. The van der Waals surface area contributed by atoms with E-state index in [4.69, 9.17) is 0 Å². The highest BCUT2D eigenvalue weighted by atomic mass is 15.1. The zero-order valence-electron chi connectivity index (χ0n) is 13.1. The average molecular weight is 285 g/mol. The van der Waals surface area contributed by atoms with Crippen molar-refractivity contribution < 1.29 is 0 Å². The first-order valence-corrected chi connectivity index (χ1v) is 8.37. The minimum absolute atomic E-state index is 0.964. The third-order valence-corrected chi connectivity index (χ3v) is 4.49. The van der Waals surface area contributed by atoms with Crippen LogP contribution >= 0.6 is 0 Å². The molecule has 1 aromatic carbocycles. The van der Waals surface area contributed by atoms with Crippen molar-refractivity contribution in [1.29, 1.82) is 0 Å². The van der Waals surface area contributed by atoms with Gasteiger partial charge in [-0.1, -0.05) is 19.1 Å². The molecule has 0 unspecified atom stereocenters. The van der Waals surface area contributed by atoms with E-state index in [2.05, 4.69) is 52.2 Å². The topological polar surface area (TPSA) is 20.2 Å². The van der Waals surface area contributed by atoms with E-state index in [1.165, 1.54) is 55.4 Å². The fourth-order valence-electron chi connectivity index (χ4n) is 3.27. The molecule has 0 radical (unpaired) electrons. The third-order valence-electron chi connectivity index (χ3n) is 4.49. The number of hydrogen-bond donors (Lipinski definition) is 1. The monoisotopic (exact) mass is 285 g/mol. The average Bonchev–Trinajstić information content (AvgIpc) is 3.15. The lowest BCUT2D eigenvalue weighted by atomic mass is 10.1. The van der Waals surface area contributed by atoms with Crippen LogP contribution in [-0.4, -0.2) is 35.6 Å². The highest BCUT2D eigenvalue weighted by Gasteiger charge is 2.10. The van der Waals surface area contributed by atoms with E-state index >= 15 is 0 Å². The molecule has 2 heterocycles. The van der Waals surface area contributed by atoms with Crippen LogP contribution in [0.1, 0.15) is 31.7 Å². The lowest BCUT2D eigenvalue weighted by molar-refractivity contribution is 0.326. The molecule has 114 valence electrons. The van der Waals surface area contributed by atoms with Crippen LogP contribution in [0, 0.1) is 0 Å². The molecule has 0 bridgehead atoms. The van der Waals surface area contributed by atoms with Crippen LogP contribution in [0.3, 0.4) is 0 Å². The number of aromatic nitrogens is 1. The number of nitrogens with one attached hydrogen (secondary N) is 1. The summed E-state index contributed by atoms with van der Waals surface area (Å²) in [5, 5.41) is 4.76. The maximum absolute atomic E-state index is 3.41. The van der Waals surface area contributed by atoms with Gasteiger partial charge in [-0.15, -0.1) is 0 Å². The number of nitrogens with zero attached hydrogens (tertiary/aromatic N) is 2. The van der Waals surface area contributed by atoms with E-state index in [1.54, 1.807) is 0 Å². The third kappa shape index (κ3) is 3.66. The van der Waals surface area contributed by atoms with E-state index in [0.29, 0.717) is 0 Å². The standard InChI is InChI=1S/C18H27N3/c1-2-19-15-16-6-7-17-8-13-21(18(17)14-16)12-5-11-20-9-3-4-10-20/h6-8,13-14,19H,2-5,9-12,15H2,1H3. The van der Waals surface area contributed by atoms with E-state index in [0.717, 1.165) is 19.6 Å². The quantitative estimate of drug-likeness (QED) is 0.843. The van der Waals surface area contributed by atoms with E-state index in [1.807, 2.05) is 0 Å². The second kappa shape index (κ2) is 7.10. The molecule has 1 N–H and O–H groups in total. The summed E-state index contributed by atoms with van der Waals surface area (Å²) in [7, 11) is 0. The van der Waals surface area contributed by atoms with E-state index in [-0.39, 0.29) is 0 Å². The van der Waals surface area contributed by atoms with Crippen LogP contribution in [0.2, 0.25) is 0 Å². The summed E-state index contributed by atoms with van der Waals surface area (Å²) in [5.41, 5.74) is 2.76. The fraction of sp³-hybridized carbons (Fsp3) is 0.556. The largest absolute Gasteiger partial charge is 0.347 e. The minimum atomic E-state index is 0.964. The summed E-state index contributed by atoms with van der Waals surface area (Å²) >= 11 is 0. The minimum Gasteiger partial charge on any atom is -0.347 e. The van der Waals surface area contributed by atoms with Crippen molar-refractivity contribution in [3.05, 3.63) is 36.0 Å². The maximum atomic E-state index is 3.41. The van der Waals surface area contributed by atoms with Crippen molar-refractivity contribution >= 4 is 10.9 Å². The zero-order valence-corrected chi connectivity index (χ0v) is 13.1. The lowest BCUT2D eigenvalue weighted by Gasteiger charge is -2.14. The number of aryl methyl sites for hydroxylation is 1. The smallest absolute Gasteiger partial charge is 0.0483 e. The molecule has 3 nitrogen and oxygen atoms in total. The molecule has 1 aliphatic heterocycles. The molecule has 1 saturated heterocycles. The zero-order chi connectivity index (χ0) is 14.5. The van der Waals surface area contributed by atoms with Crippen LogP contribution in [0.15, 0.2) is 30.5 Å². The molecule has 0 amide bonds. The number of hydrogen-bond acceptors (Lipinski definition) is 2. The van der Waals surface area contributed by atoms with E-state index < -0.39 is 0 Å². The van der Waals surface area contributed by atoms with Gasteiger partial charge in [0.15, 0.2) is 0 Å². The van der Waals surface area contributed by atoms with Crippen LogP contribution < -0.4 is 5.32 Å². The molecule has 1 fully saturated rings. The molecule has 2 aromatic rings. The van der Waals surface area contributed by atoms with Gasteiger partial charge in [-0.3, -0.25) is 0 Å². The molecule has 0 aliphatic carbocycles. The summed E-state index contributed by atoms with van der Waals surface area (Å²) in [6.45, 7) is 9.12. The number of benzene rings is 1. The summed E-state index contributed by atoms with van der Waals surface area (Å²) in [6.07, 6.45) is 6.27. The molecule has 21 heavy (non-hydrogen) atoms. The SMILES string of the molecule is CCNCc1ccc2ccn(CCCN3CCCC3)c2c1. The summed E-state index contributed by atoms with van der Waals surface area (Å²) < 4.78 is 2.42. The maximum Gasteiger partial charge on any atom is 0.0483 e. The van der Waals surface area contributed by atoms with Gasteiger partial charge >= 0.3 is 0 Å². The first-order valence-electron chi connectivity index (χ1n) is 8.37. The van der Waals surface area contributed by atoms with Crippen LogP contribution in [0.5, 0.6) is 0 Å². The molecule has 3 rings (SSSR count). The predicted molar refractivity (Wildman–Crippen MR) is 89.6 cm³/mol. The van der Waals surface area contributed by atoms with Gasteiger partial charge in [0, 0.05) is 24.8 Å². The Hall–Kier alpha value is -1.32. The Kier molecular flexibility index (Phi) is 4.94. The lowest BCUT2D eigenvalue weighted by Crippen LogP contribution is -2.21. The highest BCUT2D eigenvalue weighted by molar-refractivity contribution is 5.80. The van der Waals surface area contributed by atoms with Crippen molar-refractivity contribution in [2.45, 2.75) is 39.3 Å². The normalized spacial score (nSPS) is 16.0. The van der Waals surface area contributed by atoms with Gasteiger partial charge in [-0.05, 0) is 68.5 Å². The first kappa shape index (κ1) is 14.6. The number of likely N-dealkylation sites (tertiary alicyclic amines) is 1. The molecule has 0 saturated carbocycles. The Labute approximate surface area is 127 Å². The second-order valence-corrected chi connectivity index (χ2v) is 6.08. The predicted octanol–water partition coefficient (Wildman–Crippen LogP) is 3.24. The van der Waals surface area contributed by atoms with Gasteiger partial charge in [0.25, 0.3) is 0 Å². The Morgan fingerprint density at radius 3 is 2.76 bits per heavy atom. The molecular formula is C18H27N3. The molecule has 3 heteroatoms. The first-order chi connectivity index (χ1) is 10.4. The van der Waals surface area contributed by atoms with Gasteiger partial charge in [-0.2, -0.15) is 0 Å². The Bertz CT molecular complexity index is 567. The van der Waals surface area contributed by atoms with Gasteiger partial charge in [-0.25, -0.2) is 0 Å². The molecule has 0 spiro atoms. The van der Waals surface area contributed by atoms with Crippen LogP contribution in [0.4, 0.5) is 0 Å². The molecular weight excluding hydrogens is 258 g/mol. The molecule has 0 atom stereocenters. The number of rotatable bonds is 7. The van der Waals surface area contributed by atoms with Crippen molar-refractivity contribution in [3.63, 3.8) is 0 Å². The van der Waals surface area contributed by atoms with E-state index in [9.17, 15) is 0 Å². The molecule has 1 aromatic heterocycles. The van der Waals surface area contributed by atoms with Crippen LogP contribution in [-0.2, 0) is 13.1 Å². The van der Waals surface area contributed by atoms with Gasteiger partial charge in [0.2, 0.25) is 0 Å². The fourth-order valence-corrected chi connectivity index (χ4v) is 3.27. The van der Waals surface area contributed by atoms with Crippen molar-refractivity contribution in [2.24, 2.45) is 0 Å². The number of fused-ring (bicyclic) bond motifs is 1. The van der Waals surface area contributed by atoms with Gasteiger partial charge < -0.3 is 14.8 Å². The van der Waals surface area contributed by atoms with Gasteiger partial charge in [0.1, 0.15) is 0 Å². The van der Waals surface area contributed by atoms with Crippen molar-refractivity contribution in [3.8, 4) is 0 Å². The second-order valence-electron chi connectivity index (χ2n) is 6.08. The molecule has 1 aliphatic rings. The van der Waals surface area contributed by atoms with Crippen LogP contribution in [0.25, 0.3) is 10.9 Å². The Morgan fingerprint density at radius 2 is 1.95 bits per heavy atom. The highest BCUT2D eigenvalue weighted by Crippen LogP contribution is 2.18. The van der Waals surface area contributed by atoms with Gasteiger partial charge in [0.05, 0.1) is 0 Å². The van der Waals surface area contributed by atoms with Crippen molar-refractivity contribution in [1.82, 2.24) is 14.8 Å². The summed E-state index contributed by atoms with van der Waals surface area (Å²) in [5.74, 6) is 0. The Balaban J connectivity index is 1.63. The summed E-state index contributed by atoms with van der Waals surface area (Å²) in [4.78, 5) is 2.60.